The summed E-state index contributed by atoms with van der Waals surface area (Å²) in [5, 5.41) is 4.25. The van der Waals surface area contributed by atoms with Gasteiger partial charge in [-0.05, 0) is 29.5 Å². The molecule has 1 heterocycles. The van der Waals surface area contributed by atoms with Crippen molar-refractivity contribution in [3.63, 3.8) is 0 Å². The second kappa shape index (κ2) is 6.03. The average Bonchev–Trinajstić information content (AvgIpc) is 2.81. The molecule has 0 radical (unpaired) electrons. The maximum absolute atomic E-state index is 11.9. The van der Waals surface area contributed by atoms with Crippen LogP contribution in [0, 0.1) is 6.92 Å². The molecule has 2 rings (SSSR count). The highest BCUT2D eigenvalue weighted by molar-refractivity contribution is 7.10. The van der Waals surface area contributed by atoms with Gasteiger partial charge in [-0.3, -0.25) is 4.79 Å². The molecule has 2 aromatic rings. The quantitative estimate of drug-likeness (QED) is 0.851. The molecule has 0 aliphatic carbocycles. The number of nitrogens with one attached hydrogen (secondary N) is 1. The molecule has 1 unspecified atom stereocenters. The molecule has 0 saturated heterocycles. The van der Waals surface area contributed by atoms with Crippen LogP contribution in [0.25, 0.3) is 0 Å². The van der Waals surface area contributed by atoms with E-state index in [-0.39, 0.29) is 5.91 Å². The summed E-state index contributed by atoms with van der Waals surface area (Å²) in [7, 11) is 0. The molecule has 0 saturated carbocycles. The summed E-state index contributed by atoms with van der Waals surface area (Å²) in [6.07, 6.45) is 0. The SMILES string of the molecule is Cc1ccsc1CNC(=O)C(Cl)c1ccccc1. The third-order valence-corrected chi connectivity index (χ3v) is 4.19. The number of carbonyl (C=O) groups excluding carboxylic acids is 1. The van der Waals surface area contributed by atoms with Crippen LogP contribution in [0.4, 0.5) is 0 Å². The summed E-state index contributed by atoms with van der Waals surface area (Å²) < 4.78 is 0. The van der Waals surface area contributed by atoms with Crippen LogP contribution < -0.4 is 5.32 Å². The Morgan fingerprint density at radius 2 is 2.06 bits per heavy atom. The van der Waals surface area contributed by atoms with Crippen molar-refractivity contribution < 1.29 is 4.79 Å². The lowest BCUT2D eigenvalue weighted by atomic mass is 10.1. The zero-order valence-corrected chi connectivity index (χ0v) is 11.6. The minimum Gasteiger partial charge on any atom is -0.350 e. The Morgan fingerprint density at radius 1 is 1.33 bits per heavy atom. The smallest absolute Gasteiger partial charge is 0.242 e. The maximum Gasteiger partial charge on any atom is 0.242 e. The first-order valence-corrected chi connectivity index (χ1v) is 7.00. The molecule has 1 amide bonds. The average molecular weight is 280 g/mol. The maximum atomic E-state index is 11.9. The van der Waals surface area contributed by atoms with Crippen molar-refractivity contribution >= 4 is 28.8 Å². The fourth-order valence-corrected chi connectivity index (χ4v) is 2.68. The lowest BCUT2D eigenvalue weighted by Gasteiger charge is -2.10. The topological polar surface area (TPSA) is 29.1 Å². The van der Waals surface area contributed by atoms with Gasteiger partial charge in [-0.1, -0.05) is 30.3 Å². The van der Waals surface area contributed by atoms with E-state index < -0.39 is 5.38 Å². The highest BCUT2D eigenvalue weighted by Crippen LogP contribution is 2.21. The summed E-state index contributed by atoms with van der Waals surface area (Å²) in [4.78, 5) is 13.1. The van der Waals surface area contributed by atoms with Gasteiger partial charge in [0.1, 0.15) is 5.38 Å². The second-order valence-corrected chi connectivity index (χ2v) is 5.45. The first-order valence-electron chi connectivity index (χ1n) is 5.68. The molecule has 94 valence electrons. The van der Waals surface area contributed by atoms with E-state index in [1.165, 1.54) is 10.4 Å². The largest absolute Gasteiger partial charge is 0.350 e. The van der Waals surface area contributed by atoms with Crippen LogP contribution in [0.3, 0.4) is 0 Å². The van der Waals surface area contributed by atoms with E-state index >= 15 is 0 Å². The molecule has 0 spiro atoms. The van der Waals surface area contributed by atoms with E-state index in [2.05, 4.69) is 5.32 Å². The molecule has 0 aliphatic rings. The first kappa shape index (κ1) is 13.1. The van der Waals surface area contributed by atoms with Crippen LogP contribution in [0.15, 0.2) is 41.8 Å². The molecule has 0 fully saturated rings. The van der Waals surface area contributed by atoms with Crippen molar-refractivity contribution in [2.24, 2.45) is 0 Å². The Kier molecular flexibility index (Phi) is 4.39. The van der Waals surface area contributed by atoms with Gasteiger partial charge in [0.2, 0.25) is 5.91 Å². The number of benzene rings is 1. The molecule has 18 heavy (non-hydrogen) atoms. The molecule has 0 aliphatic heterocycles. The molecular formula is C14H14ClNOS. The summed E-state index contributed by atoms with van der Waals surface area (Å²) >= 11 is 7.77. The predicted molar refractivity (Wildman–Crippen MR) is 75.9 cm³/mol. The van der Waals surface area contributed by atoms with E-state index in [0.717, 1.165) is 5.56 Å². The zero-order valence-electron chi connectivity index (χ0n) is 10.0. The van der Waals surface area contributed by atoms with Gasteiger partial charge in [0.05, 0.1) is 6.54 Å². The number of halogens is 1. The molecular weight excluding hydrogens is 266 g/mol. The van der Waals surface area contributed by atoms with Gasteiger partial charge >= 0.3 is 0 Å². The van der Waals surface area contributed by atoms with Crippen LogP contribution in [0.5, 0.6) is 0 Å². The van der Waals surface area contributed by atoms with Crippen LogP contribution in [0.1, 0.15) is 21.4 Å². The van der Waals surface area contributed by atoms with E-state index in [1.807, 2.05) is 48.7 Å². The van der Waals surface area contributed by atoms with Crippen molar-refractivity contribution in [3.05, 3.63) is 57.8 Å². The van der Waals surface area contributed by atoms with Gasteiger partial charge in [-0.25, -0.2) is 0 Å². The lowest BCUT2D eigenvalue weighted by molar-refractivity contribution is -0.121. The van der Waals surface area contributed by atoms with E-state index in [9.17, 15) is 4.79 Å². The monoisotopic (exact) mass is 279 g/mol. The highest BCUT2D eigenvalue weighted by Gasteiger charge is 2.17. The van der Waals surface area contributed by atoms with Crippen molar-refractivity contribution in [1.29, 1.82) is 0 Å². The third kappa shape index (κ3) is 3.12. The Labute approximate surface area is 116 Å². The van der Waals surface area contributed by atoms with Crippen LogP contribution in [0.2, 0.25) is 0 Å². The lowest BCUT2D eigenvalue weighted by Crippen LogP contribution is -2.26. The number of hydrogen-bond acceptors (Lipinski definition) is 2. The molecule has 2 nitrogen and oxygen atoms in total. The molecule has 1 aromatic carbocycles. The van der Waals surface area contributed by atoms with Gasteiger partial charge in [-0.15, -0.1) is 22.9 Å². The Bertz CT molecular complexity index is 524. The van der Waals surface area contributed by atoms with Gasteiger partial charge in [0, 0.05) is 4.88 Å². The fraction of sp³-hybridized carbons (Fsp3) is 0.214. The van der Waals surface area contributed by atoms with Crippen LogP contribution >= 0.6 is 22.9 Å². The normalized spacial score (nSPS) is 12.1. The number of hydrogen-bond donors (Lipinski definition) is 1. The van der Waals surface area contributed by atoms with Gasteiger partial charge in [-0.2, -0.15) is 0 Å². The van der Waals surface area contributed by atoms with E-state index in [4.69, 9.17) is 11.6 Å². The van der Waals surface area contributed by atoms with E-state index in [0.29, 0.717) is 6.54 Å². The number of amides is 1. The van der Waals surface area contributed by atoms with Crippen molar-refractivity contribution in [2.45, 2.75) is 18.8 Å². The van der Waals surface area contributed by atoms with Gasteiger partial charge in [0.25, 0.3) is 0 Å². The van der Waals surface area contributed by atoms with Crippen molar-refractivity contribution in [3.8, 4) is 0 Å². The predicted octanol–water partition coefficient (Wildman–Crippen LogP) is 3.65. The molecule has 1 atom stereocenters. The summed E-state index contributed by atoms with van der Waals surface area (Å²) in [5.74, 6) is -0.157. The molecule has 1 N–H and O–H groups in total. The van der Waals surface area contributed by atoms with Crippen molar-refractivity contribution in [2.75, 3.05) is 0 Å². The minimum absolute atomic E-state index is 0.157. The summed E-state index contributed by atoms with van der Waals surface area (Å²) in [5.41, 5.74) is 2.02. The highest BCUT2D eigenvalue weighted by atomic mass is 35.5. The Hall–Kier alpha value is -1.32. The summed E-state index contributed by atoms with van der Waals surface area (Å²) in [6, 6.07) is 11.4. The summed E-state index contributed by atoms with van der Waals surface area (Å²) in [6.45, 7) is 2.58. The minimum atomic E-state index is -0.633. The standard InChI is InChI=1S/C14H14ClNOS/c1-10-7-8-18-12(10)9-16-14(17)13(15)11-5-3-2-4-6-11/h2-8,13H,9H2,1H3,(H,16,17). The van der Waals surface area contributed by atoms with Crippen LogP contribution in [-0.2, 0) is 11.3 Å². The van der Waals surface area contributed by atoms with Crippen LogP contribution in [-0.4, -0.2) is 5.91 Å². The van der Waals surface area contributed by atoms with Gasteiger partial charge in [0.15, 0.2) is 0 Å². The van der Waals surface area contributed by atoms with E-state index in [1.54, 1.807) is 11.3 Å². The Balaban J connectivity index is 1.95. The zero-order chi connectivity index (χ0) is 13.0. The van der Waals surface area contributed by atoms with Crippen molar-refractivity contribution in [1.82, 2.24) is 5.32 Å². The number of thiophene rings is 1. The number of aryl methyl sites for hydroxylation is 1. The Morgan fingerprint density at radius 3 is 2.67 bits per heavy atom. The molecule has 1 aromatic heterocycles. The molecule has 4 heteroatoms. The van der Waals surface area contributed by atoms with Gasteiger partial charge < -0.3 is 5.32 Å². The fourth-order valence-electron chi connectivity index (χ4n) is 1.62. The molecule has 0 bridgehead atoms. The third-order valence-electron chi connectivity index (χ3n) is 2.71. The second-order valence-electron chi connectivity index (χ2n) is 4.02. The number of carbonyl (C=O) groups is 1. The number of rotatable bonds is 4. The first-order chi connectivity index (χ1) is 8.68. The number of alkyl halides is 1.